The third-order valence-electron chi connectivity index (χ3n) is 2.60. The lowest BCUT2D eigenvalue weighted by Crippen LogP contribution is -2.26. The molecule has 0 aliphatic heterocycles. The number of nitrogens with one attached hydrogen (secondary N) is 1. The quantitative estimate of drug-likeness (QED) is 0.618. The zero-order valence-electron chi connectivity index (χ0n) is 8.52. The first-order valence-electron chi connectivity index (χ1n) is 4.96. The number of aromatic nitrogens is 1. The fourth-order valence-electron chi connectivity index (χ4n) is 1.70. The van der Waals surface area contributed by atoms with Gasteiger partial charge in [-0.3, -0.25) is 0 Å². The van der Waals surface area contributed by atoms with Gasteiger partial charge in [-0.05, 0) is 18.2 Å². The molecule has 0 spiro atoms. The van der Waals surface area contributed by atoms with E-state index in [9.17, 15) is 14.6 Å². The molecular formula is C11H13FN2O2. The van der Waals surface area contributed by atoms with Crippen molar-refractivity contribution >= 4 is 10.9 Å². The summed E-state index contributed by atoms with van der Waals surface area (Å²) in [4.78, 5) is 2.84. The van der Waals surface area contributed by atoms with Crippen LogP contribution in [0.2, 0.25) is 0 Å². The molecule has 16 heavy (non-hydrogen) atoms. The van der Waals surface area contributed by atoms with Crippen LogP contribution >= 0.6 is 0 Å². The second-order valence-electron chi connectivity index (χ2n) is 3.68. The van der Waals surface area contributed by atoms with Gasteiger partial charge in [0.15, 0.2) is 0 Å². The maximum atomic E-state index is 12.9. The Morgan fingerprint density at radius 2 is 2.12 bits per heavy atom. The highest BCUT2D eigenvalue weighted by Gasteiger charge is 2.20. The highest BCUT2D eigenvalue weighted by atomic mass is 19.1. The maximum Gasteiger partial charge on any atom is 0.125 e. The van der Waals surface area contributed by atoms with Gasteiger partial charge in [-0.15, -0.1) is 0 Å². The summed E-state index contributed by atoms with van der Waals surface area (Å²) in [5, 5.41) is 19.9. The predicted octanol–water partition coefficient (Wildman–Crippen LogP) is 0.660. The van der Waals surface area contributed by atoms with Gasteiger partial charge in [0, 0.05) is 29.2 Å². The molecule has 0 aliphatic carbocycles. The van der Waals surface area contributed by atoms with Crippen molar-refractivity contribution in [2.75, 3.05) is 6.54 Å². The van der Waals surface area contributed by atoms with Crippen LogP contribution in [0.4, 0.5) is 4.39 Å². The molecule has 0 bridgehead atoms. The molecule has 1 aromatic heterocycles. The summed E-state index contributed by atoms with van der Waals surface area (Å²) in [6.45, 7) is -0.0327. The second kappa shape index (κ2) is 4.21. The molecule has 0 saturated carbocycles. The zero-order valence-corrected chi connectivity index (χ0v) is 8.52. The largest absolute Gasteiger partial charge is 0.389 e. The third kappa shape index (κ3) is 1.80. The number of rotatable bonds is 3. The third-order valence-corrected chi connectivity index (χ3v) is 2.60. The number of fused-ring (bicyclic) bond motifs is 1. The van der Waals surface area contributed by atoms with Crippen LogP contribution < -0.4 is 5.73 Å². The number of hydrogen-bond acceptors (Lipinski definition) is 3. The number of hydrogen-bond donors (Lipinski definition) is 4. The first kappa shape index (κ1) is 11.1. The van der Waals surface area contributed by atoms with Crippen LogP contribution in [0.1, 0.15) is 11.7 Å². The fourth-order valence-corrected chi connectivity index (χ4v) is 1.70. The Labute approximate surface area is 91.5 Å². The lowest BCUT2D eigenvalue weighted by Gasteiger charge is -2.15. The van der Waals surface area contributed by atoms with Crippen LogP contribution in [0.15, 0.2) is 24.4 Å². The number of nitrogens with two attached hydrogens (primary N) is 1. The molecule has 0 aliphatic rings. The van der Waals surface area contributed by atoms with Crippen molar-refractivity contribution in [3.63, 3.8) is 0 Å². The summed E-state index contributed by atoms with van der Waals surface area (Å²) in [7, 11) is 0. The molecule has 0 amide bonds. The highest BCUT2D eigenvalue weighted by Crippen LogP contribution is 2.26. The number of H-pyrrole nitrogens is 1. The molecule has 4 nitrogen and oxygen atoms in total. The second-order valence-corrected chi connectivity index (χ2v) is 3.68. The van der Waals surface area contributed by atoms with Crippen LogP contribution in [0.3, 0.4) is 0 Å². The van der Waals surface area contributed by atoms with Gasteiger partial charge >= 0.3 is 0 Å². The predicted molar refractivity (Wildman–Crippen MR) is 58.3 cm³/mol. The van der Waals surface area contributed by atoms with Gasteiger partial charge in [0.2, 0.25) is 0 Å². The van der Waals surface area contributed by atoms with Crippen molar-refractivity contribution in [2.45, 2.75) is 12.2 Å². The van der Waals surface area contributed by atoms with E-state index in [1.807, 2.05) is 0 Å². The summed E-state index contributed by atoms with van der Waals surface area (Å²) in [6.07, 6.45) is -0.540. The molecule has 1 heterocycles. The van der Waals surface area contributed by atoms with Crippen LogP contribution in [-0.2, 0) is 0 Å². The van der Waals surface area contributed by atoms with Gasteiger partial charge in [-0.25, -0.2) is 4.39 Å². The van der Waals surface area contributed by atoms with E-state index < -0.39 is 12.2 Å². The lowest BCUT2D eigenvalue weighted by molar-refractivity contribution is 0.0252. The molecule has 0 saturated heterocycles. The highest BCUT2D eigenvalue weighted by molar-refractivity contribution is 5.83. The van der Waals surface area contributed by atoms with Crippen LogP contribution in [-0.4, -0.2) is 27.8 Å². The van der Waals surface area contributed by atoms with E-state index in [2.05, 4.69) is 4.98 Å². The van der Waals surface area contributed by atoms with E-state index >= 15 is 0 Å². The number of benzene rings is 1. The molecule has 2 rings (SSSR count). The SMILES string of the molecule is NCC(O)C(O)c1c[nH]c2cc(F)ccc12. The molecule has 86 valence electrons. The molecule has 5 N–H and O–H groups in total. The van der Waals surface area contributed by atoms with E-state index in [1.165, 1.54) is 12.1 Å². The molecular weight excluding hydrogens is 211 g/mol. The summed E-state index contributed by atoms with van der Waals surface area (Å²) < 4.78 is 12.9. The summed E-state index contributed by atoms with van der Waals surface area (Å²) in [5.41, 5.74) is 6.37. The molecule has 0 fully saturated rings. The Kier molecular flexibility index (Phi) is 2.91. The average Bonchev–Trinajstić information content (AvgIpc) is 2.69. The Morgan fingerprint density at radius 1 is 1.38 bits per heavy atom. The van der Waals surface area contributed by atoms with E-state index in [0.717, 1.165) is 0 Å². The van der Waals surface area contributed by atoms with Crippen molar-refractivity contribution in [3.8, 4) is 0 Å². The van der Waals surface area contributed by atoms with Crippen molar-refractivity contribution in [3.05, 3.63) is 35.8 Å². The maximum absolute atomic E-state index is 12.9. The smallest absolute Gasteiger partial charge is 0.125 e. The van der Waals surface area contributed by atoms with E-state index in [4.69, 9.17) is 5.73 Å². The van der Waals surface area contributed by atoms with Crippen LogP contribution in [0.25, 0.3) is 10.9 Å². The lowest BCUT2D eigenvalue weighted by atomic mass is 10.0. The van der Waals surface area contributed by atoms with Crippen molar-refractivity contribution in [1.82, 2.24) is 4.98 Å². The first-order chi connectivity index (χ1) is 7.63. The van der Waals surface area contributed by atoms with Crippen molar-refractivity contribution in [1.29, 1.82) is 0 Å². The Bertz CT molecular complexity index is 498. The molecule has 1 aromatic carbocycles. The molecule has 2 aromatic rings. The van der Waals surface area contributed by atoms with Gasteiger partial charge in [-0.2, -0.15) is 0 Å². The Morgan fingerprint density at radius 3 is 2.81 bits per heavy atom. The van der Waals surface area contributed by atoms with Crippen LogP contribution in [0, 0.1) is 5.82 Å². The number of aliphatic hydroxyl groups excluding tert-OH is 2. The van der Waals surface area contributed by atoms with Gasteiger partial charge in [0.05, 0.1) is 6.10 Å². The summed E-state index contributed by atoms with van der Waals surface area (Å²) in [5.74, 6) is -0.352. The zero-order chi connectivity index (χ0) is 11.7. The minimum absolute atomic E-state index is 0.0327. The fraction of sp³-hybridized carbons (Fsp3) is 0.273. The number of halogens is 1. The Balaban J connectivity index is 2.45. The van der Waals surface area contributed by atoms with Gasteiger partial charge in [0.25, 0.3) is 0 Å². The molecule has 5 heteroatoms. The summed E-state index contributed by atoms with van der Waals surface area (Å²) >= 11 is 0. The first-order valence-corrected chi connectivity index (χ1v) is 4.96. The standard InChI is InChI=1S/C11H13FN2O2/c12-6-1-2-7-8(5-14-9(7)3-6)11(16)10(15)4-13/h1-3,5,10-11,14-16H,4,13H2. The molecule has 2 unspecified atom stereocenters. The Hall–Kier alpha value is -1.43. The van der Waals surface area contributed by atoms with Gasteiger partial charge in [0.1, 0.15) is 11.9 Å². The number of aromatic amines is 1. The molecule has 2 atom stereocenters. The van der Waals surface area contributed by atoms with Crippen molar-refractivity contribution in [2.24, 2.45) is 5.73 Å². The van der Waals surface area contributed by atoms with Crippen molar-refractivity contribution < 1.29 is 14.6 Å². The van der Waals surface area contributed by atoms with E-state index in [0.29, 0.717) is 16.5 Å². The monoisotopic (exact) mass is 224 g/mol. The van der Waals surface area contributed by atoms with Gasteiger partial charge in [-0.1, -0.05) is 0 Å². The average molecular weight is 224 g/mol. The van der Waals surface area contributed by atoms with E-state index in [-0.39, 0.29) is 12.4 Å². The molecule has 0 radical (unpaired) electrons. The van der Waals surface area contributed by atoms with E-state index in [1.54, 1.807) is 12.3 Å². The summed E-state index contributed by atoms with van der Waals surface area (Å²) in [6, 6.07) is 4.20. The topological polar surface area (TPSA) is 82.3 Å². The minimum atomic E-state index is -1.07. The minimum Gasteiger partial charge on any atom is -0.389 e. The van der Waals surface area contributed by atoms with Crippen LogP contribution in [0.5, 0.6) is 0 Å². The normalized spacial score (nSPS) is 15.2. The van der Waals surface area contributed by atoms with Gasteiger partial charge < -0.3 is 20.9 Å². The number of aliphatic hydroxyl groups is 2.